The molecule has 0 heterocycles. The first-order valence-corrected chi connectivity index (χ1v) is 4.38. The molecule has 0 aromatic rings. The van der Waals surface area contributed by atoms with E-state index in [1.165, 1.54) is 12.8 Å². The van der Waals surface area contributed by atoms with Gasteiger partial charge in [-0.1, -0.05) is 6.92 Å². The smallest absolute Gasteiger partial charge is 0.0638 e. The van der Waals surface area contributed by atoms with Gasteiger partial charge in [-0.15, -0.1) is 0 Å². The fraction of sp³-hybridized carbons (Fsp3) is 1.00. The van der Waals surface area contributed by atoms with Crippen LogP contribution in [0.1, 0.15) is 26.7 Å². The highest BCUT2D eigenvalue weighted by Crippen LogP contribution is 2.45. The van der Waals surface area contributed by atoms with Gasteiger partial charge in [0.15, 0.2) is 0 Å². The molecule has 1 aliphatic rings. The molecule has 66 valence electrons. The van der Waals surface area contributed by atoms with Gasteiger partial charge < -0.3 is 10.0 Å². The van der Waals surface area contributed by atoms with E-state index in [2.05, 4.69) is 18.9 Å². The van der Waals surface area contributed by atoms with Crippen LogP contribution in [0.5, 0.6) is 0 Å². The van der Waals surface area contributed by atoms with Crippen molar-refractivity contribution in [2.75, 3.05) is 20.1 Å². The highest BCUT2D eigenvalue weighted by atomic mass is 16.3. The van der Waals surface area contributed by atoms with Gasteiger partial charge in [-0.05, 0) is 32.2 Å². The normalized spacial score (nSPS) is 23.7. The first-order chi connectivity index (χ1) is 5.02. The fourth-order valence-electron chi connectivity index (χ4n) is 1.54. The first-order valence-electron chi connectivity index (χ1n) is 4.38. The lowest BCUT2D eigenvalue weighted by atomic mass is 10.1. The molecular weight excluding hydrogens is 138 g/mol. The summed E-state index contributed by atoms with van der Waals surface area (Å²) in [5, 5.41) is 9.10. The SMILES string of the molecule is C[C@H](O)CN(C)CC1(C)CC1. The lowest BCUT2D eigenvalue weighted by molar-refractivity contribution is 0.131. The summed E-state index contributed by atoms with van der Waals surface area (Å²) in [5.74, 6) is 0. The minimum absolute atomic E-state index is 0.192. The average molecular weight is 157 g/mol. The van der Waals surface area contributed by atoms with Crippen LogP contribution < -0.4 is 0 Å². The van der Waals surface area contributed by atoms with E-state index >= 15 is 0 Å². The molecule has 11 heavy (non-hydrogen) atoms. The van der Waals surface area contributed by atoms with E-state index in [1.54, 1.807) is 0 Å². The van der Waals surface area contributed by atoms with Crippen LogP contribution in [0, 0.1) is 5.41 Å². The Bertz CT molecular complexity index is 130. The summed E-state index contributed by atoms with van der Waals surface area (Å²) < 4.78 is 0. The predicted octanol–water partition coefficient (Wildman–Crippen LogP) is 1.10. The Morgan fingerprint density at radius 1 is 1.55 bits per heavy atom. The van der Waals surface area contributed by atoms with Crippen LogP contribution in [0.15, 0.2) is 0 Å². The zero-order chi connectivity index (χ0) is 8.48. The summed E-state index contributed by atoms with van der Waals surface area (Å²) in [4.78, 5) is 2.22. The molecule has 2 heteroatoms. The van der Waals surface area contributed by atoms with E-state index in [0.29, 0.717) is 5.41 Å². The molecule has 1 N–H and O–H groups in total. The zero-order valence-electron chi connectivity index (χ0n) is 7.80. The summed E-state index contributed by atoms with van der Waals surface area (Å²) in [6.45, 7) is 6.09. The summed E-state index contributed by atoms with van der Waals surface area (Å²) >= 11 is 0. The largest absolute Gasteiger partial charge is 0.392 e. The van der Waals surface area contributed by atoms with Gasteiger partial charge in [0.05, 0.1) is 6.10 Å². The van der Waals surface area contributed by atoms with Crippen LogP contribution in [0.2, 0.25) is 0 Å². The molecule has 1 fully saturated rings. The quantitative estimate of drug-likeness (QED) is 0.660. The number of hydrogen-bond donors (Lipinski definition) is 1. The molecule has 1 rings (SSSR count). The van der Waals surface area contributed by atoms with Crippen LogP contribution in [0.3, 0.4) is 0 Å². The third kappa shape index (κ3) is 3.21. The van der Waals surface area contributed by atoms with Crippen molar-refractivity contribution in [3.63, 3.8) is 0 Å². The Balaban J connectivity index is 2.15. The zero-order valence-corrected chi connectivity index (χ0v) is 7.80. The average Bonchev–Trinajstić information content (AvgIpc) is 2.44. The molecular formula is C9H19NO. The number of likely N-dealkylation sites (N-methyl/N-ethyl adjacent to an activating group) is 1. The van der Waals surface area contributed by atoms with Crippen LogP contribution in [-0.2, 0) is 0 Å². The van der Waals surface area contributed by atoms with Crippen molar-refractivity contribution in [3.05, 3.63) is 0 Å². The van der Waals surface area contributed by atoms with E-state index in [4.69, 9.17) is 5.11 Å². The first kappa shape index (κ1) is 9.01. The van der Waals surface area contributed by atoms with Crippen molar-refractivity contribution >= 4 is 0 Å². The lowest BCUT2D eigenvalue weighted by Crippen LogP contribution is -2.31. The monoisotopic (exact) mass is 157 g/mol. The van der Waals surface area contributed by atoms with Gasteiger partial charge >= 0.3 is 0 Å². The minimum Gasteiger partial charge on any atom is -0.392 e. The fourth-order valence-corrected chi connectivity index (χ4v) is 1.54. The Kier molecular flexibility index (Phi) is 2.55. The molecule has 0 bridgehead atoms. The van der Waals surface area contributed by atoms with Crippen LogP contribution >= 0.6 is 0 Å². The number of nitrogens with zero attached hydrogens (tertiary/aromatic N) is 1. The van der Waals surface area contributed by atoms with Crippen molar-refractivity contribution in [2.24, 2.45) is 5.41 Å². The summed E-state index contributed by atoms with van der Waals surface area (Å²) in [6.07, 6.45) is 2.52. The summed E-state index contributed by atoms with van der Waals surface area (Å²) in [6, 6.07) is 0. The third-order valence-electron chi connectivity index (χ3n) is 2.33. The van der Waals surface area contributed by atoms with Crippen LogP contribution in [0.4, 0.5) is 0 Å². The summed E-state index contributed by atoms with van der Waals surface area (Å²) in [7, 11) is 2.08. The molecule has 0 aromatic carbocycles. The molecule has 0 aromatic heterocycles. The standard InChI is InChI=1S/C9H19NO/c1-8(11)6-10(3)7-9(2)4-5-9/h8,11H,4-7H2,1-3H3/t8-/m0/s1. The maximum absolute atomic E-state index is 9.10. The Hall–Kier alpha value is -0.0800. The molecule has 0 unspecified atom stereocenters. The van der Waals surface area contributed by atoms with Gasteiger partial charge in [-0.2, -0.15) is 0 Å². The van der Waals surface area contributed by atoms with Crippen molar-refractivity contribution < 1.29 is 5.11 Å². The van der Waals surface area contributed by atoms with E-state index in [0.717, 1.165) is 13.1 Å². The number of rotatable bonds is 4. The maximum atomic E-state index is 9.10. The Labute approximate surface area is 69.2 Å². The molecule has 0 aliphatic heterocycles. The predicted molar refractivity (Wildman–Crippen MR) is 46.5 cm³/mol. The van der Waals surface area contributed by atoms with Crippen molar-refractivity contribution in [3.8, 4) is 0 Å². The van der Waals surface area contributed by atoms with Crippen LogP contribution in [-0.4, -0.2) is 36.2 Å². The maximum Gasteiger partial charge on any atom is 0.0638 e. The second kappa shape index (κ2) is 3.11. The summed E-state index contributed by atoms with van der Waals surface area (Å²) in [5.41, 5.74) is 0.573. The van der Waals surface area contributed by atoms with Gasteiger partial charge in [0.25, 0.3) is 0 Å². The topological polar surface area (TPSA) is 23.5 Å². The van der Waals surface area contributed by atoms with Gasteiger partial charge in [-0.3, -0.25) is 0 Å². The van der Waals surface area contributed by atoms with Gasteiger partial charge in [0, 0.05) is 13.1 Å². The van der Waals surface area contributed by atoms with E-state index in [1.807, 2.05) is 6.92 Å². The molecule has 0 radical (unpaired) electrons. The van der Waals surface area contributed by atoms with Crippen molar-refractivity contribution in [2.45, 2.75) is 32.8 Å². The molecule has 2 nitrogen and oxygen atoms in total. The van der Waals surface area contributed by atoms with Crippen LogP contribution in [0.25, 0.3) is 0 Å². The van der Waals surface area contributed by atoms with E-state index in [9.17, 15) is 0 Å². The van der Waals surface area contributed by atoms with E-state index in [-0.39, 0.29) is 6.10 Å². The number of aliphatic hydroxyl groups is 1. The second-order valence-corrected chi connectivity index (χ2v) is 4.36. The van der Waals surface area contributed by atoms with Crippen molar-refractivity contribution in [1.29, 1.82) is 0 Å². The number of aliphatic hydroxyl groups excluding tert-OH is 1. The highest BCUT2D eigenvalue weighted by Gasteiger charge is 2.37. The molecule has 1 atom stereocenters. The third-order valence-corrected chi connectivity index (χ3v) is 2.33. The molecule has 0 amide bonds. The van der Waals surface area contributed by atoms with Crippen molar-refractivity contribution in [1.82, 2.24) is 4.90 Å². The van der Waals surface area contributed by atoms with E-state index < -0.39 is 0 Å². The second-order valence-electron chi connectivity index (χ2n) is 4.36. The number of hydrogen-bond acceptors (Lipinski definition) is 2. The molecule has 0 saturated heterocycles. The Morgan fingerprint density at radius 3 is 2.45 bits per heavy atom. The molecule has 1 aliphatic carbocycles. The minimum atomic E-state index is -0.192. The molecule has 1 saturated carbocycles. The van der Waals surface area contributed by atoms with Gasteiger partial charge in [-0.25, -0.2) is 0 Å². The lowest BCUT2D eigenvalue weighted by Gasteiger charge is -2.21. The Morgan fingerprint density at radius 2 is 2.09 bits per heavy atom. The molecule has 0 spiro atoms. The van der Waals surface area contributed by atoms with Gasteiger partial charge in [0.2, 0.25) is 0 Å². The highest BCUT2D eigenvalue weighted by molar-refractivity contribution is 4.90. The van der Waals surface area contributed by atoms with Gasteiger partial charge in [0.1, 0.15) is 0 Å².